The molecule has 1 heterocycles. The molecule has 1 rings (SSSR count). The number of carbonyl (C=O) groups is 2. The van der Waals surface area contributed by atoms with E-state index in [0.29, 0.717) is 0 Å². The lowest BCUT2D eigenvalue weighted by molar-refractivity contribution is -0.146. The average Bonchev–Trinajstić information content (AvgIpc) is 2.29. The highest BCUT2D eigenvalue weighted by Gasteiger charge is 2.13. The number of hydrogen-bond donors (Lipinski definition) is 3. The Morgan fingerprint density at radius 3 is 2.71 bits per heavy atom. The van der Waals surface area contributed by atoms with Crippen molar-refractivity contribution in [3.63, 3.8) is 0 Å². The van der Waals surface area contributed by atoms with Gasteiger partial charge in [-0.25, -0.2) is 9.78 Å². The number of carboxylic acids is 1. The fourth-order valence-electron chi connectivity index (χ4n) is 1.05. The second-order valence-electron chi connectivity index (χ2n) is 3.26. The molecule has 3 N–H and O–H groups in total. The molecule has 0 unspecified atom stereocenters. The van der Waals surface area contributed by atoms with Crippen molar-refractivity contribution in [2.75, 3.05) is 6.54 Å². The summed E-state index contributed by atoms with van der Waals surface area (Å²) >= 11 is 3.19. The van der Waals surface area contributed by atoms with Crippen LogP contribution < -0.4 is 5.32 Å². The van der Waals surface area contributed by atoms with Gasteiger partial charge in [0.1, 0.15) is 5.69 Å². The molecule has 7 heteroatoms. The number of carbonyl (C=O) groups excluding carboxylic acids is 1. The predicted octanol–water partition coefficient (Wildman–Crippen LogP) is 0.409. The topological polar surface area (TPSA) is 99.5 Å². The van der Waals surface area contributed by atoms with Crippen molar-refractivity contribution in [3.05, 3.63) is 28.5 Å². The number of nitrogens with zero attached hydrogens (tertiary/aromatic N) is 1. The van der Waals surface area contributed by atoms with Gasteiger partial charge in [-0.05, 0) is 28.1 Å². The van der Waals surface area contributed by atoms with Crippen LogP contribution in [-0.4, -0.2) is 39.7 Å². The average molecular weight is 303 g/mol. The maximum atomic E-state index is 11.5. The van der Waals surface area contributed by atoms with Gasteiger partial charge in [-0.1, -0.05) is 0 Å². The van der Waals surface area contributed by atoms with Crippen LogP contribution in [0.5, 0.6) is 0 Å². The minimum Gasteiger partial charge on any atom is -0.479 e. The third-order valence-electron chi connectivity index (χ3n) is 1.95. The third-order valence-corrected chi connectivity index (χ3v) is 2.42. The molecular formula is C10H11BrN2O4. The molecule has 17 heavy (non-hydrogen) atoms. The minimum absolute atomic E-state index is 0.0440. The molecule has 1 aromatic rings. The summed E-state index contributed by atoms with van der Waals surface area (Å²) in [5, 5.41) is 19.9. The molecule has 0 saturated heterocycles. The van der Waals surface area contributed by atoms with Crippen LogP contribution in [0, 0.1) is 0 Å². The van der Waals surface area contributed by atoms with Gasteiger partial charge in [0.25, 0.3) is 5.91 Å². The first-order valence-electron chi connectivity index (χ1n) is 4.81. The van der Waals surface area contributed by atoms with Crippen molar-refractivity contribution in [1.29, 1.82) is 0 Å². The van der Waals surface area contributed by atoms with Crippen LogP contribution in [0.3, 0.4) is 0 Å². The van der Waals surface area contributed by atoms with Crippen LogP contribution in [-0.2, 0) is 4.79 Å². The summed E-state index contributed by atoms with van der Waals surface area (Å²) in [5.74, 6) is -1.71. The zero-order valence-corrected chi connectivity index (χ0v) is 10.3. The van der Waals surface area contributed by atoms with Crippen molar-refractivity contribution in [1.82, 2.24) is 10.3 Å². The van der Waals surface area contributed by atoms with Crippen LogP contribution in [0.15, 0.2) is 22.8 Å². The molecule has 0 fully saturated rings. The van der Waals surface area contributed by atoms with E-state index in [0.717, 1.165) is 4.47 Å². The largest absolute Gasteiger partial charge is 0.479 e. The molecule has 0 bridgehead atoms. The molecule has 0 aliphatic rings. The van der Waals surface area contributed by atoms with Crippen molar-refractivity contribution in [2.45, 2.75) is 12.5 Å². The van der Waals surface area contributed by atoms with Gasteiger partial charge in [0.05, 0.1) is 0 Å². The van der Waals surface area contributed by atoms with Crippen LogP contribution in [0.1, 0.15) is 16.9 Å². The van der Waals surface area contributed by atoms with Gasteiger partial charge < -0.3 is 15.5 Å². The first-order chi connectivity index (χ1) is 8.00. The number of halogens is 1. The number of nitrogens with one attached hydrogen (secondary N) is 1. The molecule has 1 atom stereocenters. The van der Waals surface area contributed by atoms with E-state index < -0.39 is 18.0 Å². The number of amides is 1. The van der Waals surface area contributed by atoms with E-state index in [1.165, 1.54) is 12.3 Å². The third kappa shape index (κ3) is 4.49. The van der Waals surface area contributed by atoms with Crippen molar-refractivity contribution in [3.8, 4) is 0 Å². The highest BCUT2D eigenvalue weighted by Crippen LogP contribution is 2.07. The van der Waals surface area contributed by atoms with E-state index >= 15 is 0 Å². The maximum Gasteiger partial charge on any atom is 0.332 e. The van der Waals surface area contributed by atoms with Gasteiger partial charge in [0.2, 0.25) is 0 Å². The quantitative estimate of drug-likeness (QED) is 0.731. The highest BCUT2D eigenvalue weighted by molar-refractivity contribution is 9.10. The van der Waals surface area contributed by atoms with Crippen LogP contribution >= 0.6 is 15.9 Å². The second-order valence-corrected chi connectivity index (χ2v) is 4.18. The Kier molecular flexibility index (Phi) is 5.05. The Labute approximate surface area is 106 Å². The Balaban J connectivity index is 2.40. The van der Waals surface area contributed by atoms with Gasteiger partial charge in [-0.2, -0.15) is 0 Å². The lowest BCUT2D eigenvalue weighted by Crippen LogP contribution is -2.30. The molecule has 0 saturated carbocycles. The van der Waals surface area contributed by atoms with E-state index in [4.69, 9.17) is 10.2 Å². The molecule has 1 aromatic heterocycles. The summed E-state index contributed by atoms with van der Waals surface area (Å²) in [5.41, 5.74) is 0.234. The molecule has 1 amide bonds. The number of aliphatic hydroxyl groups is 1. The molecule has 0 aliphatic heterocycles. The van der Waals surface area contributed by atoms with E-state index in [1.54, 1.807) is 6.07 Å². The number of pyridine rings is 1. The van der Waals surface area contributed by atoms with Gasteiger partial charge in [-0.15, -0.1) is 0 Å². The zero-order valence-electron chi connectivity index (χ0n) is 8.76. The van der Waals surface area contributed by atoms with Crippen LogP contribution in [0.25, 0.3) is 0 Å². The van der Waals surface area contributed by atoms with Crippen molar-refractivity contribution < 1.29 is 19.8 Å². The first-order valence-corrected chi connectivity index (χ1v) is 5.60. The predicted molar refractivity (Wildman–Crippen MR) is 62.5 cm³/mol. The highest BCUT2D eigenvalue weighted by atomic mass is 79.9. The van der Waals surface area contributed by atoms with Gasteiger partial charge in [0, 0.05) is 23.6 Å². The zero-order chi connectivity index (χ0) is 12.8. The maximum absolute atomic E-state index is 11.5. The lowest BCUT2D eigenvalue weighted by Gasteiger charge is -2.06. The SMILES string of the molecule is O=C(NCC[C@H](O)C(=O)O)c1ccc(Br)cn1. The van der Waals surface area contributed by atoms with Crippen LogP contribution in [0.4, 0.5) is 0 Å². The second kappa shape index (κ2) is 6.31. The number of carboxylic acid groups (broad SMARTS) is 1. The standard InChI is InChI=1S/C10H11BrN2O4/c11-6-1-2-7(13-5-6)9(15)12-4-3-8(14)10(16)17/h1-2,5,8,14H,3-4H2,(H,12,15)(H,16,17)/t8-/m0/s1. The molecule has 0 aliphatic carbocycles. The summed E-state index contributed by atoms with van der Waals surface area (Å²) in [6.45, 7) is 0.0735. The van der Waals surface area contributed by atoms with E-state index in [2.05, 4.69) is 26.2 Å². The van der Waals surface area contributed by atoms with Gasteiger partial charge in [0.15, 0.2) is 6.10 Å². The first kappa shape index (κ1) is 13.6. The van der Waals surface area contributed by atoms with Crippen molar-refractivity contribution >= 4 is 27.8 Å². The molecule has 6 nitrogen and oxygen atoms in total. The molecule has 0 aromatic carbocycles. The van der Waals surface area contributed by atoms with Gasteiger partial charge in [-0.3, -0.25) is 4.79 Å². The number of hydrogen-bond acceptors (Lipinski definition) is 4. The minimum atomic E-state index is -1.46. The van der Waals surface area contributed by atoms with Gasteiger partial charge >= 0.3 is 5.97 Å². The number of aliphatic carboxylic acids is 1. The molecular weight excluding hydrogens is 292 g/mol. The van der Waals surface area contributed by atoms with Crippen LogP contribution in [0.2, 0.25) is 0 Å². The number of rotatable bonds is 5. The monoisotopic (exact) mass is 302 g/mol. The Hall–Kier alpha value is -1.47. The van der Waals surface area contributed by atoms with E-state index in [9.17, 15) is 9.59 Å². The molecule has 0 spiro atoms. The summed E-state index contributed by atoms with van der Waals surface area (Å²) in [6.07, 6.45) is -0.0216. The summed E-state index contributed by atoms with van der Waals surface area (Å²) in [6, 6.07) is 3.21. The van der Waals surface area contributed by atoms with E-state index in [-0.39, 0.29) is 18.7 Å². The lowest BCUT2D eigenvalue weighted by atomic mass is 10.2. The number of aliphatic hydroxyl groups excluding tert-OH is 1. The normalized spacial score (nSPS) is 11.9. The Bertz CT molecular complexity index is 407. The Morgan fingerprint density at radius 1 is 1.47 bits per heavy atom. The fraction of sp³-hybridized carbons (Fsp3) is 0.300. The van der Waals surface area contributed by atoms with Crippen molar-refractivity contribution in [2.24, 2.45) is 0 Å². The fourth-order valence-corrected chi connectivity index (χ4v) is 1.28. The molecule has 0 radical (unpaired) electrons. The summed E-state index contributed by atoms with van der Waals surface area (Å²) < 4.78 is 0.760. The van der Waals surface area contributed by atoms with E-state index in [1.807, 2.05) is 0 Å². The number of aromatic nitrogens is 1. The molecule has 92 valence electrons. The smallest absolute Gasteiger partial charge is 0.332 e. The summed E-state index contributed by atoms with van der Waals surface area (Å²) in [7, 11) is 0. The Morgan fingerprint density at radius 2 is 2.18 bits per heavy atom. The summed E-state index contributed by atoms with van der Waals surface area (Å²) in [4.78, 5) is 25.7.